The van der Waals surface area contributed by atoms with Gasteiger partial charge in [0.05, 0.1) is 0 Å². The van der Waals surface area contributed by atoms with E-state index in [1.165, 1.54) is 0 Å². The Labute approximate surface area is 76.1 Å². The van der Waals surface area contributed by atoms with Crippen molar-refractivity contribution in [3.63, 3.8) is 0 Å². The molecule has 1 heterocycles. The summed E-state index contributed by atoms with van der Waals surface area (Å²) < 4.78 is 24.8. The van der Waals surface area contributed by atoms with E-state index in [2.05, 4.69) is 14.9 Å². The lowest BCUT2D eigenvalue weighted by atomic mass is 10.4. The molecule has 0 spiro atoms. The van der Waals surface area contributed by atoms with Gasteiger partial charge in [-0.05, 0) is 0 Å². The van der Waals surface area contributed by atoms with Gasteiger partial charge in [-0.15, -0.1) is 10.2 Å². The highest BCUT2D eigenvalue weighted by atomic mass is 32.2. The van der Waals surface area contributed by atoms with E-state index in [4.69, 9.17) is 5.14 Å². The topological polar surface area (TPSA) is 103 Å². The molecule has 13 heavy (non-hydrogen) atoms. The monoisotopic (exact) mass is 205 g/mol. The first-order chi connectivity index (χ1) is 5.99. The summed E-state index contributed by atoms with van der Waals surface area (Å²) in [6.07, 6.45) is 2.01. The van der Waals surface area contributed by atoms with Crippen LogP contribution in [0.2, 0.25) is 0 Å². The Morgan fingerprint density at radius 1 is 1.69 bits per heavy atom. The van der Waals surface area contributed by atoms with Crippen LogP contribution in [0.4, 0.5) is 0 Å². The molecule has 0 atom stereocenters. The number of aryl methyl sites for hydroxylation is 1. The molecular weight excluding hydrogens is 194 g/mol. The minimum atomic E-state index is -3.60. The molecule has 0 saturated heterocycles. The molecule has 74 valence electrons. The van der Waals surface area contributed by atoms with Gasteiger partial charge in [-0.3, -0.25) is 0 Å². The SMILES string of the molecule is Cn1cnnc1CCNS(N)(=O)=O. The molecule has 1 aromatic rings. The zero-order valence-corrected chi connectivity index (χ0v) is 7.95. The highest BCUT2D eigenvalue weighted by Crippen LogP contribution is 1.91. The Morgan fingerprint density at radius 2 is 2.38 bits per heavy atom. The lowest BCUT2D eigenvalue weighted by molar-refractivity contribution is 0.581. The molecule has 0 aromatic carbocycles. The number of nitrogens with two attached hydrogens (primary N) is 1. The van der Waals surface area contributed by atoms with Gasteiger partial charge in [0, 0.05) is 20.0 Å². The summed E-state index contributed by atoms with van der Waals surface area (Å²) in [4.78, 5) is 0. The standard InChI is InChI=1S/C5H11N5O2S/c1-10-4-7-9-5(10)2-3-8-13(6,11)12/h4,8H,2-3H2,1H3,(H2,6,11,12). The van der Waals surface area contributed by atoms with Crippen LogP contribution in [0.25, 0.3) is 0 Å². The number of nitrogens with zero attached hydrogens (tertiary/aromatic N) is 3. The lowest BCUT2D eigenvalue weighted by Crippen LogP contribution is -2.32. The smallest absolute Gasteiger partial charge is 0.274 e. The van der Waals surface area contributed by atoms with Crippen molar-refractivity contribution in [2.24, 2.45) is 12.2 Å². The van der Waals surface area contributed by atoms with Crippen molar-refractivity contribution in [1.82, 2.24) is 19.5 Å². The maximum absolute atomic E-state index is 10.5. The van der Waals surface area contributed by atoms with Gasteiger partial charge >= 0.3 is 0 Å². The van der Waals surface area contributed by atoms with E-state index >= 15 is 0 Å². The molecule has 7 nitrogen and oxygen atoms in total. The summed E-state index contributed by atoms with van der Waals surface area (Å²) in [6.45, 7) is 0.228. The molecular formula is C5H11N5O2S. The second kappa shape index (κ2) is 3.81. The molecule has 0 amide bonds. The Bertz CT molecular complexity index is 370. The maximum atomic E-state index is 10.5. The molecule has 0 bridgehead atoms. The first-order valence-corrected chi connectivity index (χ1v) is 5.14. The van der Waals surface area contributed by atoms with E-state index in [0.29, 0.717) is 12.2 Å². The Kier molecular flexibility index (Phi) is 2.96. The van der Waals surface area contributed by atoms with Gasteiger partial charge in [-0.25, -0.2) is 9.86 Å². The number of rotatable bonds is 4. The number of hydrogen-bond donors (Lipinski definition) is 2. The van der Waals surface area contributed by atoms with Crippen molar-refractivity contribution in [1.29, 1.82) is 0 Å². The summed E-state index contributed by atoms with van der Waals surface area (Å²) >= 11 is 0. The van der Waals surface area contributed by atoms with E-state index in [1.54, 1.807) is 17.9 Å². The molecule has 8 heteroatoms. The highest BCUT2D eigenvalue weighted by Gasteiger charge is 2.03. The number of hydrogen-bond acceptors (Lipinski definition) is 4. The lowest BCUT2D eigenvalue weighted by Gasteiger charge is -2.00. The molecule has 0 aliphatic heterocycles. The fourth-order valence-corrected chi connectivity index (χ4v) is 1.23. The molecule has 0 fully saturated rings. The summed E-state index contributed by atoms with van der Waals surface area (Å²) in [6, 6.07) is 0. The summed E-state index contributed by atoms with van der Waals surface area (Å²) in [5.41, 5.74) is 0. The molecule has 0 aliphatic rings. The van der Waals surface area contributed by atoms with Crippen molar-refractivity contribution >= 4 is 10.2 Å². The predicted octanol–water partition coefficient (Wildman–Crippen LogP) is -1.85. The van der Waals surface area contributed by atoms with Crippen LogP contribution in [-0.2, 0) is 23.7 Å². The van der Waals surface area contributed by atoms with Gasteiger partial charge in [0.2, 0.25) is 0 Å². The van der Waals surface area contributed by atoms with Crippen molar-refractivity contribution in [2.75, 3.05) is 6.54 Å². The molecule has 0 saturated carbocycles. The molecule has 1 rings (SSSR count). The minimum absolute atomic E-state index is 0.228. The molecule has 1 aromatic heterocycles. The Balaban J connectivity index is 2.41. The third-order valence-electron chi connectivity index (χ3n) is 1.46. The average Bonchev–Trinajstić information content (AvgIpc) is 2.34. The van der Waals surface area contributed by atoms with Crippen LogP contribution in [0.1, 0.15) is 5.82 Å². The summed E-state index contributed by atoms with van der Waals surface area (Å²) in [7, 11) is -1.81. The molecule has 0 radical (unpaired) electrons. The van der Waals surface area contributed by atoms with Crippen molar-refractivity contribution in [3.05, 3.63) is 12.2 Å². The third-order valence-corrected chi connectivity index (χ3v) is 2.06. The first-order valence-electron chi connectivity index (χ1n) is 3.59. The summed E-state index contributed by atoms with van der Waals surface area (Å²) in [5.74, 6) is 0.705. The van der Waals surface area contributed by atoms with Gasteiger partial charge in [0.25, 0.3) is 10.2 Å². The van der Waals surface area contributed by atoms with Gasteiger partial charge in [-0.2, -0.15) is 8.42 Å². The Hall–Kier alpha value is -0.990. The van der Waals surface area contributed by atoms with Crippen LogP contribution in [-0.4, -0.2) is 29.7 Å². The van der Waals surface area contributed by atoms with Crippen LogP contribution in [0.3, 0.4) is 0 Å². The fourth-order valence-electron chi connectivity index (χ4n) is 0.839. The van der Waals surface area contributed by atoms with E-state index in [9.17, 15) is 8.42 Å². The fraction of sp³-hybridized carbons (Fsp3) is 0.600. The maximum Gasteiger partial charge on any atom is 0.274 e. The predicted molar refractivity (Wildman–Crippen MR) is 45.8 cm³/mol. The van der Waals surface area contributed by atoms with Gasteiger partial charge in [0.15, 0.2) is 0 Å². The first kappa shape index (κ1) is 10.1. The van der Waals surface area contributed by atoms with Crippen molar-refractivity contribution in [3.8, 4) is 0 Å². The van der Waals surface area contributed by atoms with Gasteiger partial charge < -0.3 is 4.57 Å². The van der Waals surface area contributed by atoms with Crippen LogP contribution in [0.15, 0.2) is 6.33 Å². The molecule has 3 N–H and O–H groups in total. The number of nitrogens with one attached hydrogen (secondary N) is 1. The van der Waals surface area contributed by atoms with Crippen molar-refractivity contribution < 1.29 is 8.42 Å². The second-order valence-electron chi connectivity index (χ2n) is 2.55. The van der Waals surface area contributed by atoms with Gasteiger partial charge in [0.1, 0.15) is 12.2 Å². The quantitative estimate of drug-likeness (QED) is 0.602. The second-order valence-corrected chi connectivity index (χ2v) is 3.93. The van der Waals surface area contributed by atoms with Crippen LogP contribution in [0, 0.1) is 0 Å². The van der Waals surface area contributed by atoms with E-state index < -0.39 is 10.2 Å². The number of aromatic nitrogens is 3. The zero-order valence-electron chi connectivity index (χ0n) is 7.14. The van der Waals surface area contributed by atoms with Crippen LogP contribution in [0.5, 0.6) is 0 Å². The summed E-state index contributed by atoms with van der Waals surface area (Å²) in [5, 5.41) is 12.1. The minimum Gasteiger partial charge on any atom is -0.321 e. The van der Waals surface area contributed by atoms with Crippen LogP contribution >= 0.6 is 0 Å². The van der Waals surface area contributed by atoms with Gasteiger partial charge in [-0.1, -0.05) is 0 Å². The van der Waals surface area contributed by atoms with E-state index in [1.807, 2.05) is 0 Å². The third kappa shape index (κ3) is 3.49. The Morgan fingerprint density at radius 3 is 2.85 bits per heavy atom. The molecule has 0 unspecified atom stereocenters. The van der Waals surface area contributed by atoms with E-state index in [0.717, 1.165) is 0 Å². The average molecular weight is 205 g/mol. The zero-order chi connectivity index (χ0) is 9.90. The van der Waals surface area contributed by atoms with Crippen LogP contribution < -0.4 is 9.86 Å². The largest absolute Gasteiger partial charge is 0.321 e. The normalized spacial score (nSPS) is 11.8. The highest BCUT2D eigenvalue weighted by molar-refractivity contribution is 7.87. The van der Waals surface area contributed by atoms with Crippen molar-refractivity contribution in [2.45, 2.75) is 6.42 Å². The van der Waals surface area contributed by atoms with E-state index in [-0.39, 0.29) is 6.54 Å². The molecule has 0 aliphatic carbocycles.